The third-order valence-electron chi connectivity index (χ3n) is 6.01. The summed E-state index contributed by atoms with van der Waals surface area (Å²) in [5, 5.41) is 4.14. The molecule has 0 radical (unpaired) electrons. The molecule has 1 aliphatic heterocycles. The predicted molar refractivity (Wildman–Crippen MR) is 136 cm³/mol. The van der Waals surface area contributed by atoms with Crippen LogP contribution in [-0.4, -0.2) is 27.7 Å². The van der Waals surface area contributed by atoms with Crippen LogP contribution in [0.4, 0.5) is 5.69 Å². The van der Waals surface area contributed by atoms with Gasteiger partial charge in [-0.2, -0.15) is 0 Å². The van der Waals surface area contributed by atoms with E-state index in [2.05, 4.69) is 51.0 Å². The van der Waals surface area contributed by atoms with Gasteiger partial charge in [-0.15, -0.1) is 0 Å². The quantitative estimate of drug-likeness (QED) is 0.323. The highest BCUT2D eigenvalue weighted by atomic mass is 32.1. The Morgan fingerprint density at radius 3 is 2.59 bits per heavy atom. The Balaban J connectivity index is 1.66. The molecule has 1 saturated heterocycles. The molecule has 5 rings (SSSR count). The molecule has 4 aromatic rings. The number of esters is 1. The van der Waals surface area contributed by atoms with Gasteiger partial charge in [0.2, 0.25) is 0 Å². The molecule has 0 aliphatic carbocycles. The normalized spacial score (nSPS) is 17.5. The van der Waals surface area contributed by atoms with Crippen molar-refractivity contribution in [2.24, 2.45) is 0 Å². The first-order valence-electron chi connectivity index (χ1n) is 11.0. The van der Waals surface area contributed by atoms with Gasteiger partial charge in [0.05, 0.1) is 24.4 Å². The summed E-state index contributed by atoms with van der Waals surface area (Å²) in [6.07, 6.45) is 3.79. The van der Waals surface area contributed by atoms with Crippen molar-refractivity contribution >= 4 is 29.0 Å². The Labute approximate surface area is 203 Å². The van der Waals surface area contributed by atoms with Crippen LogP contribution in [0.3, 0.4) is 0 Å². The molecule has 2 atom stereocenters. The van der Waals surface area contributed by atoms with Crippen molar-refractivity contribution in [1.29, 1.82) is 0 Å². The van der Waals surface area contributed by atoms with Crippen LogP contribution < -0.4 is 10.2 Å². The molecule has 2 aromatic heterocycles. The molecular weight excluding hydrogens is 444 g/mol. The number of pyridine rings is 1. The van der Waals surface area contributed by atoms with Gasteiger partial charge < -0.3 is 19.5 Å². The Morgan fingerprint density at radius 2 is 1.82 bits per heavy atom. The summed E-state index contributed by atoms with van der Waals surface area (Å²) in [5.74, 6) is -0.369. The summed E-state index contributed by atoms with van der Waals surface area (Å²) in [6, 6.07) is 25.4. The van der Waals surface area contributed by atoms with Gasteiger partial charge in [-0.05, 0) is 79.3 Å². The SMILES string of the molecule is COC(=O)c1cccc(-n2cccc2[C@@H]2[C@H](c3ccccn3)NC(=S)N2c2cccc(C)c2)c1. The topological polar surface area (TPSA) is 59.4 Å². The van der Waals surface area contributed by atoms with Crippen molar-refractivity contribution < 1.29 is 9.53 Å². The molecule has 1 fully saturated rings. The van der Waals surface area contributed by atoms with Crippen LogP contribution in [0.25, 0.3) is 5.69 Å². The first-order valence-corrected chi connectivity index (χ1v) is 11.4. The van der Waals surface area contributed by atoms with Crippen molar-refractivity contribution in [1.82, 2.24) is 14.9 Å². The molecule has 0 spiro atoms. The second kappa shape index (κ2) is 9.11. The first kappa shape index (κ1) is 21.9. The molecule has 0 amide bonds. The number of aryl methyl sites for hydroxylation is 1. The Kier molecular flexibility index (Phi) is 5.86. The molecule has 1 aliphatic rings. The number of hydrogen-bond donors (Lipinski definition) is 1. The van der Waals surface area contributed by atoms with E-state index in [-0.39, 0.29) is 18.1 Å². The van der Waals surface area contributed by atoms with E-state index in [1.165, 1.54) is 7.11 Å². The lowest BCUT2D eigenvalue weighted by Gasteiger charge is -2.29. The van der Waals surface area contributed by atoms with Gasteiger partial charge in [0.15, 0.2) is 5.11 Å². The average Bonchev–Trinajstić information content (AvgIpc) is 3.48. The highest BCUT2D eigenvalue weighted by Crippen LogP contribution is 2.42. The molecule has 1 N–H and O–H groups in total. The first-order chi connectivity index (χ1) is 16.6. The molecule has 0 bridgehead atoms. The third kappa shape index (κ3) is 3.95. The monoisotopic (exact) mass is 468 g/mol. The van der Waals surface area contributed by atoms with Gasteiger partial charge in [-0.1, -0.05) is 24.3 Å². The maximum atomic E-state index is 12.2. The number of carbonyl (C=O) groups excluding carboxylic acids is 1. The highest BCUT2D eigenvalue weighted by molar-refractivity contribution is 7.80. The maximum Gasteiger partial charge on any atom is 0.337 e. The van der Waals surface area contributed by atoms with Crippen LogP contribution in [-0.2, 0) is 4.74 Å². The Hall–Kier alpha value is -3.97. The molecule has 6 nitrogen and oxygen atoms in total. The van der Waals surface area contributed by atoms with Crippen molar-refractivity contribution in [2.75, 3.05) is 12.0 Å². The average molecular weight is 469 g/mol. The standard InChI is InChI=1S/C27H24N4O2S/c1-18-8-5-11-21(16-18)31-25(24(29-27(31)34)22-12-3-4-14-28-22)23-13-7-15-30(23)20-10-6-9-19(17-20)26(32)33-2/h3-17,24-25H,1-2H3,(H,29,34)/t24-,25+/m0/s1. The van der Waals surface area contributed by atoms with E-state index in [4.69, 9.17) is 17.0 Å². The summed E-state index contributed by atoms with van der Waals surface area (Å²) in [4.78, 5) is 18.9. The number of nitrogens with one attached hydrogen (secondary N) is 1. The minimum absolute atomic E-state index is 0.161. The zero-order valence-electron chi connectivity index (χ0n) is 18.9. The lowest BCUT2D eigenvalue weighted by atomic mass is 10.0. The van der Waals surface area contributed by atoms with Crippen LogP contribution in [0, 0.1) is 6.92 Å². The van der Waals surface area contributed by atoms with Gasteiger partial charge >= 0.3 is 5.97 Å². The van der Waals surface area contributed by atoms with E-state index < -0.39 is 0 Å². The number of anilines is 1. The zero-order chi connectivity index (χ0) is 23.7. The second-order valence-corrected chi connectivity index (χ2v) is 8.57. The summed E-state index contributed by atoms with van der Waals surface area (Å²) in [7, 11) is 1.39. The van der Waals surface area contributed by atoms with Crippen molar-refractivity contribution in [3.8, 4) is 5.69 Å². The number of aromatic nitrogens is 2. The van der Waals surface area contributed by atoms with Crippen LogP contribution in [0.15, 0.2) is 91.3 Å². The number of carbonyl (C=O) groups is 1. The van der Waals surface area contributed by atoms with Crippen LogP contribution in [0.2, 0.25) is 0 Å². The van der Waals surface area contributed by atoms with Crippen molar-refractivity contribution in [3.63, 3.8) is 0 Å². The number of ether oxygens (including phenoxy) is 1. The van der Waals surface area contributed by atoms with E-state index in [0.717, 1.165) is 28.3 Å². The Bertz CT molecular complexity index is 1350. The van der Waals surface area contributed by atoms with Crippen LogP contribution in [0.5, 0.6) is 0 Å². The van der Waals surface area contributed by atoms with Gasteiger partial charge in [-0.3, -0.25) is 4.98 Å². The fourth-order valence-corrected chi connectivity index (χ4v) is 4.83. The van der Waals surface area contributed by atoms with Gasteiger partial charge in [0.25, 0.3) is 0 Å². The number of benzene rings is 2. The molecule has 2 aromatic carbocycles. The van der Waals surface area contributed by atoms with Crippen LogP contribution >= 0.6 is 12.2 Å². The molecule has 170 valence electrons. The minimum atomic E-state index is -0.369. The number of nitrogens with zero attached hydrogens (tertiary/aromatic N) is 3. The third-order valence-corrected chi connectivity index (χ3v) is 6.32. The van der Waals surface area contributed by atoms with Crippen molar-refractivity contribution in [3.05, 3.63) is 114 Å². The summed E-state index contributed by atoms with van der Waals surface area (Å²) < 4.78 is 7.01. The highest BCUT2D eigenvalue weighted by Gasteiger charge is 2.42. The summed E-state index contributed by atoms with van der Waals surface area (Å²) in [6.45, 7) is 2.07. The fraction of sp³-hybridized carbons (Fsp3) is 0.148. The summed E-state index contributed by atoms with van der Waals surface area (Å²) >= 11 is 5.84. The minimum Gasteiger partial charge on any atom is -0.465 e. The molecule has 3 heterocycles. The summed E-state index contributed by atoms with van der Waals surface area (Å²) in [5.41, 5.74) is 5.45. The van der Waals surface area contributed by atoms with E-state index in [1.54, 1.807) is 12.3 Å². The second-order valence-electron chi connectivity index (χ2n) is 8.18. The number of rotatable bonds is 5. The smallest absolute Gasteiger partial charge is 0.337 e. The van der Waals surface area contributed by atoms with Crippen LogP contribution in [0.1, 0.15) is 39.4 Å². The zero-order valence-corrected chi connectivity index (χ0v) is 19.7. The predicted octanol–water partition coefficient (Wildman–Crippen LogP) is 5.14. The van der Waals surface area contributed by atoms with Gasteiger partial charge in [0, 0.05) is 29.5 Å². The number of thiocarbonyl (C=S) groups is 1. The van der Waals surface area contributed by atoms with Crippen molar-refractivity contribution in [2.45, 2.75) is 19.0 Å². The molecule has 0 unspecified atom stereocenters. The largest absolute Gasteiger partial charge is 0.465 e. The van der Waals surface area contributed by atoms with E-state index in [9.17, 15) is 4.79 Å². The molecule has 7 heteroatoms. The number of hydrogen-bond acceptors (Lipinski definition) is 4. The lowest BCUT2D eigenvalue weighted by molar-refractivity contribution is 0.0600. The fourth-order valence-electron chi connectivity index (χ4n) is 4.48. The van der Waals surface area contributed by atoms with Gasteiger partial charge in [0.1, 0.15) is 6.04 Å². The Morgan fingerprint density at radius 1 is 1.00 bits per heavy atom. The van der Waals surface area contributed by atoms with E-state index in [0.29, 0.717) is 10.7 Å². The van der Waals surface area contributed by atoms with E-state index >= 15 is 0 Å². The van der Waals surface area contributed by atoms with E-state index in [1.807, 2.05) is 54.7 Å². The molecule has 0 saturated carbocycles. The lowest BCUT2D eigenvalue weighted by Crippen LogP contribution is -2.30. The van der Waals surface area contributed by atoms with Gasteiger partial charge in [-0.25, -0.2) is 4.79 Å². The number of methoxy groups -OCH3 is 1. The molecular formula is C27H24N4O2S. The molecule has 34 heavy (non-hydrogen) atoms. The maximum absolute atomic E-state index is 12.2.